The molecule has 1 aliphatic heterocycles. The van der Waals surface area contributed by atoms with Gasteiger partial charge in [0.2, 0.25) is 0 Å². The number of nitrogens with two attached hydrogens (primary N) is 1. The fourth-order valence-corrected chi connectivity index (χ4v) is 1.86. The van der Waals surface area contributed by atoms with Crippen LogP contribution in [0.5, 0.6) is 0 Å². The van der Waals surface area contributed by atoms with Gasteiger partial charge in [0.1, 0.15) is 0 Å². The average Bonchev–Trinajstić information content (AvgIpc) is 2.57. The van der Waals surface area contributed by atoms with Crippen molar-refractivity contribution in [2.45, 2.75) is 13.0 Å². The lowest BCUT2D eigenvalue weighted by Crippen LogP contribution is -2.27. The summed E-state index contributed by atoms with van der Waals surface area (Å²) in [6, 6.07) is 1.99. The molecule has 1 saturated heterocycles. The van der Waals surface area contributed by atoms with Crippen molar-refractivity contribution < 1.29 is 4.74 Å². The van der Waals surface area contributed by atoms with E-state index in [0.29, 0.717) is 6.54 Å². The topological polar surface area (TPSA) is 51.4 Å². The highest BCUT2D eigenvalue weighted by Gasteiger charge is 2.12. The Hall–Kier alpha value is -1.13. The van der Waals surface area contributed by atoms with Crippen molar-refractivity contribution in [1.29, 1.82) is 0 Å². The first-order valence-electron chi connectivity index (χ1n) is 5.37. The number of pyridine rings is 1. The van der Waals surface area contributed by atoms with Crippen molar-refractivity contribution in [3.63, 3.8) is 0 Å². The second-order valence-corrected chi connectivity index (χ2v) is 3.66. The van der Waals surface area contributed by atoms with Crippen LogP contribution in [0.1, 0.15) is 12.0 Å². The van der Waals surface area contributed by atoms with Crippen LogP contribution in [0.25, 0.3) is 0 Å². The minimum atomic E-state index is 0.565. The molecule has 2 heterocycles. The minimum absolute atomic E-state index is 0.565. The maximum atomic E-state index is 5.71. The van der Waals surface area contributed by atoms with Crippen LogP contribution in [0.2, 0.25) is 0 Å². The van der Waals surface area contributed by atoms with Crippen LogP contribution in [0.15, 0.2) is 18.5 Å². The molecule has 0 amide bonds. The predicted octanol–water partition coefficient (Wildman–Crippen LogP) is 0.767. The maximum absolute atomic E-state index is 5.71. The molecule has 0 unspecified atom stereocenters. The molecule has 4 heteroatoms. The van der Waals surface area contributed by atoms with Crippen LogP contribution in [0.4, 0.5) is 5.69 Å². The summed E-state index contributed by atoms with van der Waals surface area (Å²) in [6.45, 7) is 4.17. The lowest BCUT2D eigenvalue weighted by molar-refractivity contribution is 0.152. The third kappa shape index (κ3) is 2.46. The first-order valence-corrected chi connectivity index (χ1v) is 5.37. The molecule has 2 N–H and O–H groups in total. The molecule has 82 valence electrons. The van der Waals surface area contributed by atoms with E-state index < -0.39 is 0 Å². The van der Waals surface area contributed by atoms with Gasteiger partial charge >= 0.3 is 0 Å². The number of ether oxygens (including phenoxy) is 1. The highest BCUT2D eigenvalue weighted by molar-refractivity contribution is 5.51. The molecular weight excluding hydrogens is 190 g/mol. The molecule has 0 saturated carbocycles. The Morgan fingerprint density at radius 2 is 2.33 bits per heavy atom. The highest BCUT2D eigenvalue weighted by atomic mass is 16.5. The summed E-state index contributed by atoms with van der Waals surface area (Å²) in [5, 5.41) is 0. The second-order valence-electron chi connectivity index (χ2n) is 3.66. The lowest BCUT2D eigenvalue weighted by Gasteiger charge is -2.23. The van der Waals surface area contributed by atoms with E-state index in [4.69, 9.17) is 10.5 Å². The van der Waals surface area contributed by atoms with E-state index in [0.717, 1.165) is 44.0 Å². The molecule has 0 atom stereocenters. The number of hydrogen-bond donors (Lipinski definition) is 1. The van der Waals surface area contributed by atoms with Crippen molar-refractivity contribution in [1.82, 2.24) is 4.98 Å². The summed E-state index contributed by atoms with van der Waals surface area (Å²) < 4.78 is 5.43. The highest BCUT2D eigenvalue weighted by Crippen LogP contribution is 2.19. The normalized spacial score (nSPS) is 17.5. The average molecular weight is 207 g/mol. The third-order valence-electron chi connectivity index (χ3n) is 2.67. The Morgan fingerprint density at radius 3 is 3.20 bits per heavy atom. The van der Waals surface area contributed by atoms with Crippen LogP contribution in [-0.2, 0) is 11.3 Å². The van der Waals surface area contributed by atoms with Crippen LogP contribution in [0, 0.1) is 0 Å². The third-order valence-corrected chi connectivity index (χ3v) is 2.67. The predicted molar refractivity (Wildman–Crippen MR) is 59.8 cm³/mol. The molecule has 2 rings (SSSR count). The number of aromatic nitrogens is 1. The summed E-state index contributed by atoms with van der Waals surface area (Å²) in [6.07, 6.45) is 4.76. The van der Waals surface area contributed by atoms with Gasteiger partial charge in [0.25, 0.3) is 0 Å². The van der Waals surface area contributed by atoms with Crippen molar-refractivity contribution in [3.8, 4) is 0 Å². The number of rotatable bonds is 2. The van der Waals surface area contributed by atoms with Crippen molar-refractivity contribution in [2.24, 2.45) is 5.73 Å². The Kier molecular flexibility index (Phi) is 3.53. The van der Waals surface area contributed by atoms with Gasteiger partial charge in [-0.25, -0.2) is 0 Å². The van der Waals surface area contributed by atoms with E-state index in [1.807, 2.05) is 12.3 Å². The van der Waals surface area contributed by atoms with Crippen molar-refractivity contribution in [3.05, 3.63) is 24.0 Å². The van der Waals surface area contributed by atoms with Gasteiger partial charge < -0.3 is 15.4 Å². The molecule has 1 aliphatic rings. The van der Waals surface area contributed by atoms with Gasteiger partial charge in [-0.1, -0.05) is 0 Å². The quantitative estimate of drug-likeness (QED) is 0.778. The van der Waals surface area contributed by atoms with Crippen LogP contribution in [0.3, 0.4) is 0 Å². The zero-order valence-electron chi connectivity index (χ0n) is 8.85. The Labute approximate surface area is 90.0 Å². The zero-order valence-corrected chi connectivity index (χ0v) is 8.85. The van der Waals surface area contributed by atoms with Gasteiger partial charge in [-0.2, -0.15) is 0 Å². The number of anilines is 1. The van der Waals surface area contributed by atoms with E-state index in [-0.39, 0.29) is 0 Å². The van der Waals surface area contributed by atoms with E-state index in [2.05, 4.69) is 9.88 Å². The fourth-order valence-electron chi connectivity index (χ4n) is 1.86. The number of hydrogen-bond acceptors (Lipinski definition) is 4. The maximum Gasteiger partial charge on any atom is 0.0641 e. The Bertz CT molecular complexity index is 308. The molecule has 0 aromatic carbocycles. The Balaban J connectivity index is 2.18. The monoisotopic (exact) mass is 207 g/mol. The smallest absolute Gasteiger partial charge is 0.0641 e. The largest absolute Gasteiger partial charge is 0.380 e. The zero-order chi connectivity index (χ0) is 10.5. The van der Waals surface area contributed by atoms with Crippen LogP contribution >= 0.6 is 0 Å². The van der Waals surface area contributed by atoms with E-state index in [1.54, 1.807) is 6.20 Å². The van der Waals surface area contributed by atoms with Gasteiger partial charge in [0, 0.05) is 32.4 Å². The molecule has 15 heavy (non-hydrogen) atoms. The van der Waals surface area contributed by atoms with Crippen LogP contribution in [-0.4, -0.2) is 31.3 Å². The Morgan fingerprint density at radius 1 is 1.40 bits per heavy atom. The minimum Gasteiger partial charge on any atom is -0.380 e. The molecule has 0 bridgehead atoms. The van der Waals surface area contributed by atoms with Crippen molar-refractivity contribution in [2.75, 3.05) is 31.2 Å². The summed E-state index contributed by atoms with van der Waals surface area (Å²) in [7, 11) is 0. The van der Waals surface area contributed by atoms with Gasteiger partial charge in [0.05, 0.1) is 18.5 Å². The van der Waals surface area contributed by atoms with E-state index in [9.17, 15) is 0 Å². The molecule has 0 radical (unpaired) electrons. The number of nitrogens with zero attached hydrogens (tertiary/aromatic N) is 2. The summed E-state index contributed by atoms with van der Waals surface area (Å²) in [5.74, 6) is 0. The van der Waals surface area contributed by atoms with Gasteiger partial charge in [-0.3, -0.25) is 4.98 Å². The summed E-state index contributed by atoms with van der Waals surface area (Å²) >= 11 is 0. The summed E-state index contributed by atoms with van der Waals surface area (Å²) in [5.41, 5.74) is 8.03. The molecule has 4 nitrogen and oxygen atoms in total. The van der Waals surface area contributed by atoms with Gasteiger partial charge in [0.15, 0.2) is 0 Å². The standard InChI is InChI=1S/C11H17N3O/c12-8-10-2-3-13-9-11(10)14-4-1-6-15-7-5-14/h2-3,9H,1,4-8,12H2. The van der Waals surface area contributed by atoms with Gasteiger partial charge in [-0.05, 0) is 18.1 Å². The SMILES string of the molecule is NCc1ccncc1N1CCCOCC1. The molecule has 1 aromatic heterocycles. The van der Waals surface area contributed by atoms with Crippen LogP contribution < -0.4 is 10.6 Å². The molecule has 1 aromatic rings. The summed E-state index contributed by atoms with van der Waals surface area (Å²) in [4.78, 5) is 6.47. The van der Waals surface area contributed by atoms with E-state index in [1.165, 1.54) is 0 Å². The molecule has 1 fully saturated rings. The van der Waals surface area contributed by atoms with Crippen molar-refractivity contribution >= 4 is 5.69 Å². The second kappa shape index (κ2) is 5.09. The van der Waals surface area contributed by atoms with Gasteiger partial charge in [-0.15, -0.1) is 0 Å². The molecular formula is C11H17N3O. The lowest BCUT2D eigenvalue weighted by atomic mass is 10.2. The first kappa shape index (κ1) is 10.4. The fraction of sp³-hybridized carbons (Fsp3) is 0.545. The first-order chi connectivity index (χ1) is 7.42. The van der Waals surface area contributed by atoms with E-state index >= 15 is 0 Å². The molecule has 0 spiro atoms. The molecule has 0 aliphatic carbocycles.